The number of aromatic nitrogens is 2. The molecule has 2 aromatic rings. The standard InChI is InChI=1S/C20H27N3O6/c1-20(2,3)29-18(24)22-12-8-11-15(22)16(27-13-26-4)17-21-23(19(25)28-17)14-9-6-5-7-10-14/h5-7,9-10,15-16H,8,11-13H2,1-4H3/t15-,16?/m0/s1. The van der Waals surface area contributed by atoms with E-state index in [0.717, 1.165) is 6.42 Å². The maximum absolute atomic E-state index is 12.7. The van der Waals surface area contributed by atoms with E-state index >= 15 is 0 Å². The summed E-state index contributed by atoms with van der Waals surface area (Å²) < 4.78 is 22.9. The molecule has 0 N–H and O–H groups in total. The van der Waals surface area contributed by atoms with Crippen LogP contribution in [-0.2, 0) is 14.2 Å². The predicted molar refractivity (Wildman–Crippen MR) is 104 cm³/mol. The van der Waals surface area contributed by atoms with Crippen LogP contribution in [0.3, 0.4) is 0 Å². The van der Waals surface area contributed by atoms with Gasteiger partial charge in [-0.25, -0.2) is 9.59 Å². The SMILES string of the molecule is COCOC(c1nn(-c2ccccc2)c(=O)o1)[C@@H]1CCCN1C(=O)OC(C)(C)C. The number of hydrogen-bond acceptors (Lipinski definition) is 7. The molecule has 1 aromatic heterocycles. The van der Waals surface area contributed by atoms with E-state index < -0.39 is 23.6 Å². The molecule has 2 atom stereocenters. The molecule has 1 amide bonds. The van der Waals surface area contributed by atoms with Crippen LogP contribution in [0.25, 0.3) is 5.69 Å². The summed E-state index contributed by atoms with van der Waals surface area (Å²) in [5.41, 5.74) is -0.0393. The minimum absolute atomic E-state index is 0.0365. The van der Waals surface area contributed by atoms with Crippen molar-refractivity contribution in [1.82, 2.24) is 14.7 Å². The Kier molecular flexibility index (Phi) is 6.39. The zero-order valence-corrected chi connectivity index (χ0v) is 17.2. The van der Waals surface area contributed by atoms with Crippen LogP contribution in [0.2, 0.25) is 0 Å². The maximum atomic E-state index is 12.7. The van der Waals surface area contributed by atoms with E-state index in [9.17, 15) is 9.59 Å². The van der Waals surface area contributed by atoms with Crippen molar-refractivity contribution >= 4 is 6.09 Å². The smallest absolute Gasteiger partial charge is 0.442 e. The number of hydrogen-bond donors (Lipinski definition) is 0. The molecule has 3 rings (SSSR count). The Hall–Kier alpha value is -2.65. The molecule has 9 heteroatoms. The Labute approximate surface area is 169 Å². The minimum atomic E-state index is -0.761. The van der Waals surface area contributed by atoms with Crippen LogP contribution in [0, 0.1) is 0 Å². The summed E-state index contributed by atoms with van der Waals surface area (Å²) in [6.45, 7) is 5.93. The molecule has 0 bridgehead atoms. The number of methoxy groups -OCH3 is 1. The van der Waals surface area contributed by atoms with E-state index in [1.807, 2.05) is 26.8 Å². The van der Waals surface area contributed by atoms with Crippen molar-refractivity contribution in [2.24, 2.45) is 0 Å². The second-order valence-corrected chi connectivity index (χ2v) is 7.83. The first-order chi connectivity index (χ1) is 13.8. The van der Waals surface area contributed by atoms with Crippen molar-refractivity contribution in [1.29, 1.82) is 0 Å². The lowest BCUT2D eigenvalue weighted by molar-refractivity contribution is -0.106. The van der Waals surface area contributed by atoms with Gasteiger partial charge in [-0.15, -0.1) is 5.10 Å². The average Bonchev–Trinajstić information content (AvgIpc) is 3.29. The topological polar surface area (TPSA) is 96.0 Å². The summed E-state index contributed by atoms with van der Waals surface area (Å²) in [5, 5.41) is 4.32. The Morgan fingerprint density at radius 1 is 1.31 bits per heavy atom. The van der Waals surface area contributed by atoms with Gasteiger partial charge in [0, 0.05) is 13.7 Å². The molecule has 0 saturated carbocycles. The van der Waals surface area contributed by atoms with E-state index in [1.54, 1.807) is 29.2 Å². The number of likely N-dealkylation sites (tertiary alicyclic amines) is 1. The summed E-state index contributed by atoms with van der Waals surface area (Å²) in [7, 11) is 1.50. The molecule has 1 aliphatic heterocycles. The van der Waals surface area contributed by atoms with Gasteiger partial charge in [-0.1, -0.05) is 18.2 Å². The number of carbonyl (C=O) groups is 1. The number of carbonyl (C=O) groups excluding carboxylic acids is 1. The third-order valence-corrected chi connectivity index (χ3v) is 4.45. The van der Waals surface area contributed by atoms with Gasteiger partial charge < -0.3 is 23.5 Å². The van der Waals surface area contributed by atoms with E-state index in [4.69, 9.17) is 18.6 Å². The van der Waals surface area contributed by atoms with E-state index in [2.05, 4.69) is 5.10 Å². The lowest BCUT2D eigenvalue weighted by atomic mass is 10.1. The molecule has 1 unspecified atom stereocenters. The average molecular weight is 405 g/mol. The monoisotopic (exact) mass is 405 g/mol. The van der Waals surface area contributed by atoms with Crippen LogP contribution in [0.15, 0.2) is 39.5 Å². The molecule has 9 nitrogen and oxygen atoms in total. The molecule has 2 heterocycles. The zero-order valence-electron chi connectivity index (χ0n) is 17.2. The number of para-hydroxylation sites is 1. The van der Waals surface area contributed by atoms with Crippen molar-refractivity contribution in [3.8, 4) is 5.69 Å². The highest BCUT2D eigenvalue weighted by molar-refractivity contribution is 5.69. The van der Waals surface area contributed by atoms with Gasteiger partial charge in [-0.3, -0.25) is 0 Å². The van der Waals surface area contributed by atoms with Gasteiger partial charge in [0.05, 0.1) is 11.7 Å². The Balaban J connectivity index is 1.90. The molecule has 0 radical (unpaired) electrons. The van der Waals surface area contributed by atoms with Crippen molar-refractivity contribution in [2.45, 2.75) is 51.4 Å². The van der Waals surface area contributed by atoms with Crippen molar-refractivity contribution < 1.29 is 23.4 Å². The fraction of sp³-hybridized carbons (Fsp3) is 0.550. The number of amides is 1. The summed E-state index contributed by atoms with van der Waals surface area (Å²) >= 11 is 0. The number of rotatable bonds is 6. The van der Waals surface area contributed by atoms with E-state index in [1.165, 1.54) is 11.8 Å². The fourth-order valence-electron chi connectivity index (χ4n) is 3.28. The summed E-state index contributed by atoms with van der Waals surface area (Å²) in [5.74, 6) is -0.532. The van der Waals surface area contributed by atoms with Gasteiger partial charge in [-0.2, -0.15) is 4.68 Å². The predicted octanol–water partition coefficient (Wildman–Crippen LogP) is 2.89. The first kappa shape index (κ1) is 21.1. The first-order valence-electron chi connectivity index (χ1n) is 9.56. The minimum Gasteiger partial charge on any atom is -0.444 e. The lowest BCUT2D eigenvalue weighted by Gasteiger charge is -2.31. The second kappa shape index (κ2) is 8.79. The molecule has 0 aliphatic carbocycles. The third kappa shape index (κ3) is 5.04. The van der Waals surface area contributed by atoms with Gasteiger partial charge in [0.1, 0.15) is 12.4 Å². The molecule has 0 spiro atoms. The quantitative estimate of drug-likeness (QED) is 0.682. The molecule has 1 saturated heterocycles. The molecule has 1 fully saturated rings. The molecule has 158 valence electrons. The van der Waals surface area contributed by atoms with Crippen LogP contribution in [-0.4, -0.2) is 52.9 Å². The van der Waals surface area contributed by atoms with Crippen LogP contribution in [0.4, 0.5) is 4.79 Å². The van der Waals surface area contributed by atoms with Crippen LogP contribution in [0.5, 0.6) is 0 Å². The van der Waals surface area contributed by atoms with Gasteiger partial charge in [0.25, 0.3) is 0 Å². The number of benzene rings is 1. The number of ether oxygens (including phenoxy) is 3. The van der Waals surface area contributed by atoms with E-state index in [0.29, 0.717) is 18.7 Å². The van der Waals surface area contributed by atoms with Crippen molar-refractivity contribution in [3.63, 3.8) is 0 Å². The fourth-order valence-corrected chi connectivity index (χ4v) is 3.28. The maximum Gasteiger partial charge on any atom is 0.442 e. The van der Waals surface area contributed by atoms with Gasteiger partial charge in [0.15, 0.2) is 6.10 Å². The Morgan fingerprint density at radius 2 is 2.03 bits per heavy atom. The molecular formula is C20H27N3O6. The highest BCUT2D eigenvalue weighted by Gasteiger charge is 2.41. The van der Waals surface area contributed by atoms with Crippen LogP contribution < -0.4 is 5.76 Å². The van der Waals surface area contributed by atoms with Crippen molar-refractivity contribution in [2.75, 3.05) is 20.4 Å². The summed E-state index contributed by atoms with van der Waals surface area (Å²) in [4.78, 5) is 26.7. The molecule has 1 aliphatic rings. The number of nitrogens with zero attached hydrogens (tertiary/aromatic N) is 3. The van der Waals surface area contributed by atoms with Crippen molar-refractivity contribution in [3.05, 3.63) is 46.8 Å². The van der Waals surface area contributed by atoms with Gasteiger partial charge in [0.2, 0.25) is 5.89 Å². The van der Waals surface area contributed by atoms with Gasteiger partial charge >= 0.3 is 11.8 Å². The van der Waals surface area contributed by atoms with Gasteiger partial charge in [-0.05, 0) is 45.7 Å². The largest absolute Gasteiger partial charge is 0.444 e. The Bertz CT molecular complexity index is 870. The van der Waals surface area contributed by atoms with E-state index in [-0.39, 0.29) is 18.7 Å². The lowest BCUT2D eigenvalue weighted by Crippen LogP contribution is -2.43. The summed E-state index contributed by atoms with van der Waals surface area (Å²) in [6.07, 6.45) is 0.245. The molecule has 29 heavy (non-hydrogen) atoms. The normalized spacial score (nSPS) is 18.1. The molecular weight excluding hydrogens is 378 g/mol. The third-order valence-electron chi connectivity index (χ3n) is 4.45. The highest BCUT2D eigenvalue weighted by atomic mass is 16.7. The van der Waals surface area contributed by atoms with Crippen LogP contribution in [0.1, 0.15) is 45.6 Å². The molecule has 1 aromatic carbocycles. The first-order valence-corrected chi connectivity index (χ1v) is 9.56. The van der Waals surface area contributed by atoms with Crippen LogP contribution >= 0.6 is 0 Å². The second-order valence-electron chi connectivity index (χ2n) is 7.83. The Morgan fingerprint density at radius 3 is 2.69 bits per heavy atom. The highest BCUT2D eigenvalue weighted by Crippen LogP contribution is 2.32. The summed E-state index contributed by atoms with van der Waals surface area (Å²) in [6, 6.07) is 8.56. The zero-order chi connectivity index (χ0) is 21.0.